The maximum absolute atomic E-state index is 12.0. The molecule has 1 atom stereocenters. The van der Waals surface area contributed by atoms with Crippen molar-refractivity contribution < 1.29 is 13.9 Å². The van der Waals surface area contributed by atoms with Crippen molar-refractivity contribution in [3.63, 3.8) is 0 Å². The minimum atomic E-state index is -0.554. The Hall–Kier alpha value is -0.940. The zero-order chi connectivity index (χ0) is 14.6. The van der Waals surface area contributed by atoms with Crippen LogP contribution in [0.2, 0.25) is 0 Å². The molecule has 0 aromatic carbocycles. The van der Waals surface area contributed by atoms with Crippen molar-refractivity contribution in [1.82, 2.24) is 5.32 Å². The van der Waals surface area contributed by atoms with Gasteiger partial charge < -0.3 is 9.15 Å². The van der Waals surface area contributed by atoms with E-state index in [-0.39, 0.29) is 5.97 Å². The van der Waals surface area contributed by atoms with Gasteiger partial charge in [0.2, 0.25) is 0 Å². The quantitative estimate of drug-likeness (QED) is 0.454. The van der Waals surface area contributed by atoms with Crippen molar-refractivity contribution in [1.29, 1.82) is 0 Å². The molecule has 20 heavy (non-hydrogen) atoms. The fourth-order valence-corrected chi connectivity index (χ4v) is 3.18. The third-order valence-corrected chi connectivity index (χ3v) is 4.85. The van der Waals surface area contributed by atoms with Gasteiger partial charge in [-0.1, -0.05) is 0 Å². The molecule has 1 N–H and O–H groups in total. The Morgan fingerprint density at radius 3 is 2.90 bits per heavy atom. The number of methoxy groups -OCH3 is 1. The summed E-state index contributed by atoms with van der Waals surface area (Å²) in [6.07, 6.45) is 5.79. The maximum atomic E-state index is 12.0. The van der Waals surface area contributed by atoms with Crippen molar-refractivity contribution >= 4 is 17.7 Å². The topological polar surface area (TPSA) is 51.5 Å². The average molecular weight is 297 g/mol. The zero-order valence-electron chi connectivity index (χ0n) is 12.4. The van der Waals surface area contributed by atoms with Crippen LogP contribution in [0.15, 0.2) is 21.6 Å². The van der Waals surface area contributed by atoms with Crippen LogP contribution in [0.3, 0.4) is 0 Å². The number of esters is 1. The van der Waals surface area contributed by atoms with Crippen LogP contribution in [-0.4, -0.2) is 30.4 Å². The Labute approximate surface area is 124 Å². The molecule has 2 rings (SSSR count). The SMILES string of the molecule is COC(=O)C(C)(CCCSc1ccoc1C)NC1CC1. The summed E-state index contributed by atoms with van der Waals surface area (Å²) in [7, 11) is 1.46. The van der Waals surface area contributed by atoms with Crippen LogP contribution >= 0.6 is 11.8 Å². The van der Waals surface area contributed by atoms with E-state index in [1.54, 1.807) is 18.0 Å². The van der Waals surface area contributed by atoms with Crippen molar-refractivity contribution in [3.8, 4) is 0 Å². The van der Waals surface area contributed by atoms with E-state index in [1.807, 2.05) is 19.9 Å². The van der Waals surface area contributed by atoms with Crippen molar-refractivity contribution in [2.45, 2.75) is 56.0 Å². The molecule has 1 aliphatic rings. The van der Waals surface area contributed by atoms with Gasteiger partial charge in [0, 0.05) is 10.9 Å². The molecule has 1 aromatic heterocycles. The third kappa shape index (κ3) is 4.03. The van der Waals surface area contributed by atoms with Crippen LogP contribution in [-0.2, 0) is 9.53 Å². The van der Waals surface area contributed by atoms with Crippen LogP contribution in [0.4, 0.5) is 0 Å². The lowest BCUT2D eigenvalue weighted by Gasteiger charge is -2.28. The van der Waals surface area contributed by atoms with E-state index in [2.05, 4.69) is 5.32 Å². The Kier molecular flexibility index (Phi) is 5.16. The third-order valence-electron chi connectivity index (χ3n) is 3.63. The Balaban J connectivity index is 1.79. The van der Waals surface area contributed by atoms with Gasteiger partial charge in [0.25, 0.3) is 0 Å². The molecule has 4 nitrogen and oxygen atoms in total. The second-order valence-electron chi connectivity index (χ2n) is 5.54. The van der Waals surface area contributed by atoms with E-state index in [0.717, 1.165) is 37.2 Å². The van der Waals surface area contributed by atoms with Gasteiger partial charge >= 0.3 is 5.97 Å². The van der Waals surface area contributed by atoms with Crippen LogP contribution in [0.5, 0.6) is 0 Å². The van der Waals surface area contributed by atoms with E-state index in [0.29, 0.717) is 6.04 Å². The molecule has 112 valence electrons. The van der Waals surface area contributed by atoms with Gasteiger partial charge in [-0.15, -0.1) is 11.8 Å². The van der Waals surface area contributed by atoms with Crippen LogP contribution < -0.4 is 5.32 Å². The predicted molar refractivity (Wildman–Crippen MR) is 80.0 cm³/mol. The lowest BCUT2D eigenvalue weighted by atomic mass is 9.96. The summed E-state index contributed by atoms with van der Waals surface area (Å²) in [5, 5.41) is 3.42. The summed E-state index contributed by atoms with van der Waals surface area (Å²) in [6.45, 7) is 3.92. The number of thioether (sulfide) groups is 1. The molecule has 1 aromatic rings. The lowest BCUT2D eigenvalue weighted by molar-refractivity contribution is -0.148. The van der Waals surface area contributed by atoms with Gasteiger partial charge in [0.05, 0.1) is 13.4 Å². The molecule has 1 heterocycles. The van der Waals surface area contributed by atoms with Crippen molar-refractivity contribution in [3.05, 3.63) is 18.1 Å². The van der Waals surface area contributed by atoms with Gasteiger partial charge in [-0.3, -0.25) is 10.1 Å². The van der Waals surface area contributed by atoms with E-state index in [4.69, 9.17) is 9.15 Å². The lowest BCUT2D eigenvalue weighted by Crippen LogP contribution is -2.51. The first kappa shape index (κ1) is 15.4. The van der Waals surface area contributed by atoms with E-state index < -0.39 is 5.54 Å². The highest BCUT2D eigenvalue weighted by atomic mass is 32.2. The second-order valence-corrected chi connectivity index (χ2v) is 6.67. The standard InChI is InChI=1S/C15H23NO3S/c1-11-13(7-9-19-11)20-10-4-8-15(2,14(17)18-3)16-12-5-6-12/h7,9,12,16H,4-6,8,10H2,1-3H3. The Morgan fingerprint density at radius 1 is 1.60 bits per heavy atom. The molecule has 1 unspecified atom stereocenters. The largest absolute Gasteiger partial charge is 0.468 e. The maximum Gasteiger partial charge on any atom is 0.325 e. The highest BCUT2D eigenvalue weighted by molar-refractivity contribution is 7.99. The van der Waals surface area contributed by atoms with Gasteiger partial charge in [0.15, 0.2) is 0 Å². The molecule has 0 bridgehead atoms. The molecule has 1 saturated carbocycles. The Bertz CT molecular complexity index is 456. The summed E-state index contributed by atoms with van der Waals surface area (Å²) >= 11 is 1.77. The molecule has 0 radical (unpaired) electrons. The van der Waals surface area contributed by atoms with Crippen molar-refractivity contribution in [2.24, 2.45) is 0 Å². The first-order chi connectivity index (χ1) is 9.55. The summed E-state index contributed by atoms with van der Waals surface area (Å²) in [5.41, 5.74) is -0.554. The molecule has 0 amide bonds. The highest BCUT2D eigenvalue weighted by Crippen LogP contribution is 2.28. The number of furan rings is 1. The van der Waals surface area contributed by atoms with E-state index >= 15 is 0 Å². The molecule has 0 saturated heterocycles. The number of ether oxygens (including phenoxy) is 1. The number of aryl methyl sites for hydroxylation is 1. The van der Waals surface area contributed by atoms with E-state index in [9.17, 15) is 4.79 Å². The number of carbonyl (C=O) groups is 1. The monoisotopic (exact) mass is 297 g/mol. The van der Waals surface area contributed by atoms with Gasteiger partial charge in [-0.2, -0.15) is 0 Å². The van der Waals surface area contributed by atoms with E-state index in [1.165, 1.54) is 12.0 Å². The number of nitrogens with one attached hydrogen (secondary N) is 1. The minimum absolute atomic E-state index is 0.158. The predicted octanol–water partition coefficient (Wildman–Crippen LogP) is 3.14. The van der Waals surface area contributed by atoms with Gasteiger partial charge in [0.1, 0.15) is 11.3 Å². The fourth-order valence-electron chi connectivity index (χ4n) is 2.27. The smallest absolute Gasteiger partial charge is 0.325 e. The van der Waals surface area contributed by atoms with Crippen molar-refractivity contribution in [2.75, 3.05) is 12.9 Å². The normalized spacial score (nSPS) is 17.8. The minimum Gasteiger partial charge on any atom is -0.468 e. The number of hydrogen-bond acceptors (Lipinski definition) is 5. The molecule has 0 aliphatic heterocycles. The van der Waals surface area contributed by atoms with Gasteiger partial charge in [-0.05, 0) is 51.3 Å². The van der Waals surface area contributed by atoms with Crippen LogP contribution in [0.25, 0.3) is 0 Å². The Morgan fingerprint density at radius 2 is 2.35 bits per heavy atom. The van der Waals surface area contributed by atoms with Crippen LogP contribution in [0.1, 0.15) is 38.4 Å². The first-order valence-electron chi connectivity index (χ1n) is 7.08. The summed E-state index contributed by atoms with van der Waals surface area (Å²) < 4.78 is 10.2. The molecule has 5 heteroatoms. The summed E-state index contributed by atoms with van der Waals surface area (Å²) in [6, 6.07) is 2.48. The summed E-state index contributed by atoms with van der Waals surface area (Å²) in [5.74, 6) is 1.77. The molecule has 0 spiro atoms. The number of hydrogen-bond donors (Lipinski definition) is 1. The number of carbonyl (C=O) groups excluding carboxylic acids is 1. The second kappa shape index (κ2) is 6.68. The first-order valence-corrected chi connectivity index (χ1v) is 8.07. The molecular weight excluding hydrogens is 274 g/mol. The molecular formula is C15H23NO3S. The zero-order valence-corrected chi connectivity index (χ0v) is 13.2. The molecule has 1 fully saturated rings. The van der Waals surface area contributed by atoms with Gasteiger partial charge in [-0.25, -0.2) is 0 Å². The molecule has 1 aliphatic carbocycles. The van der Waals surface area contributed by atoms with Crippen LogP contribution in [0, 0.1) is 6.92 Å². The highest BCUT2D eigenvalue weighted by Gasteiger charge is 2.38. The fraction of sp³-hybridized carbons (Fsp3) is 0.667. The average Bonchev–Trinajstić information content (AvgIpc) is 3.14. The number of rotatable bonds is 8. The summed E-state index contributed by atoms with van der Waals surface area (Å²) in [4.78, 5) is 13.1.